The van der Waals surface area contributed by atoms with E-state index in [1.807, 2.05) is 11.8 Å². The van der Waals surface area contributed by atoms with Crippen LogP contribution in [0.3, 0.4) is 0 Å². The van der Waals surface area contributed by atoms with E-state index in [9.17, 15) is 9.59 Å². The molecule has 0 heterocycles. The molecule has 0 bridgehead atoms. The Balaban J connectivity index is 4.38. The van der Waals surface area contributed by atoms with Crippen LogP contribution in [0.1, 0.15) is 145 Å². The lowest BCUT2D eigenvalue weighted by Crippen LogP contribution is -2.33. The van der Waals surface area contributed by atoms with E-state index in [2.05, 4.69) is 71.9 Å². The highest BCUT2D eigenvalue weighted by Gasteiger charge is 2.13. The summed E-state index contributed by atoms with van der Waals surface area (Å²) < 4.78 is 0. The van der Waals surface area contributed by atoms with Gasteiger partial charge >= 0.3 is 0 Å². The highest BCUT2D eigenvalue weighted by Crippen LogP contribution is 2.16. The molecule has 1 amide bonds. The molecular formula is C36H61NO2. The number of unbranched alkanes of at least 4 members (excludes halogenated alkanes) is 2. The van der Waals surface area contributed by atoms with E-state index in [1.165, 1.54) is 22.3 Å². The minimum absolute atomic E-state index is 0.220. The van der Waals surface area contributed by atoms with Crippen LogP contribution in [0.4, 0.5) is 0 Å². The number of hydrogen-bond acceptors (Lipinski definition) is 2. The Morgan fingerprint density at radius 1 is 0.513 bits per heavy atom. The lowest BCUT2D eigenvalue weighted by molar-refractivity contribution is -0.127. The van der Waals surface area contributed by atoms with Gasteiger partial charge in [0.25, 0.3) is 0 Å². The maximum atomic E-state index is 12.9. The van der Waals surface area contributed by atoms with Crippen LogP contribution in [0.5, 0.6) is 0 Å². The summed E-state index contributed by atoms with van der Waals surface area (Å²) in [7, 11) is 0. The number of hydrogen-bond donors (Lipinski definition) is 0. The Bertz CT molecular complexity index is 845. The number of carbonyl (C=O) groups excluding carboxylic acids is 2. The summed E-state index contributed by atoms with van der Waals surface area (Å²) in [6, 6.07) is 0. The van der Waals surface area contributed by atoms with Crippen LogP contribution in [0.2, 0.25) is 0 Å². The summed E-state index contributed by atoms with van der Waals surface area (Å²) in [4.78, 5) is 26.0. The van der Waals surface area contributed by atoms with Gasteiger partial charge in [0.1, 0.15) is 5.78 Å². The van der Waals surface area contributed by atoms with E-state index in [1.54, 1.807) is 6.92 Å². The van der Waals surface area contributed by atoms with Gasteiger partial charge in [-0.15, -0.1) is 0 Å². The van der Waals surface area contributed by atoms with Crippen molar-refractivity contribution in [3.8, 4) is 0 Å². The van der Waals surface area contributed by atoms with Gasteiger partial charge in [0.05, 0.1) is 0 Å². The number of rotatable bonds is 22. The van der Waals surface area contributed by atoms with Gasteiger partial charge in [-0.25, -0.2) is 0 Å². The zero-order valence-electron chi connectivity index (χ0n) is 27.0. The molecule has 0 fully saturated rings. The molecule has 0 aliphatic carbocycles. The van der Waals surface area contributed by atoms with Gasteiger partial charge in [-0.1, -0.05) is 79.4 Å². The van der Waals surface area contributed by atoms with E-state index < -0.39 is 0 Å². The first-order chi connectivity index (χ1) is 18.6. The lowest BCUT2D eigenvalue weighted by Gasteiger charge is -2.22. The number of amides is 1. The van der Waals surface area contributed by atoms with Crippen LogP contribution < -0.4 is 0 Å². The van der Waals surface area contributed by atoms with Gasteiger partial charge in [0, 0.05) is 25.1 Å². The number of Topliss-reactive ketones (excluding diaryl/α,β-unsaturated/α-hetero) is 1. The van der Waals surface area contributed by atoms with Crippen molar-refractivity contribution >= 4 is 11.7 Å². The van der Waals surface area contributed by atoms with Crippen molar-refractivity contribution in [2.75, 3.05) is 13.1 Å². The SMILES string of the molecule is CCCCN(CCCC)C(=O)C(C)=CCCC(C)=CCCC(C)=CCCC(C)=CCCC(C)=CCCC(C)=O. The Labute approximate surface area is 242 Å². The molecule has 0 atom stereocenters. The Hall–Kier alpha value is -2.16. The van der Waals surface area contributed by atoms with Crippen LogP contribution in [-0.4, -0.2) is 29.7 Å². The van der Waals surface area contributed by atoms with Crippen molar-refractivity contribution in [2.45, 2.75) is 145 Å². The Kier molecular flexibility index (Phi) is 22.4. The Morgan fingerprint density at radius 3 is 1.18 bits per heavy atom. The molecule has 0 rings (SSSR count). The van der Waals surface area contributed by atoms with Crippen molar-refractivity contribution < 1.29 is 9.59 Å². The van der Waals surface area contributed by atoms with Gasteiger partial charge in [-0.2, -0.15) is 0 Å². The maximum absolute atomic E-state index is 12.9. The predicted molar refractivity (Wildman–Crippen MR) is 172 cm³/mol. The van der Waals surface area contributed by atoms with Gasteiger partial charge in [-0.05, 0) is 112 Å². The summed E-state index contributed by atoms with van der Waals surface area (Å²) in [6.07, 6.45) is 26.0. The molecule has 0 spiro atoms. The van der Waals surface area contributed by atoms with Crippen molar-refractivity contribution in [3.63, 3.8) is 0 Å². The highest BCUT2D eigenvalue weighted by atomic mass is 16.2. The van der Waals surface area contributed by atoms with Crippen LogP contribution in [-0.2, 0) is 9.59 Å². The first-order valence-corrected chi connectivity index (χ1v) is 15.7. The smallest absolute Gasteiger partial charge is 0.249 e. The summed E-state index contributed by atoms with van der Waals surface area (Å²) >= 11 is 0. The summed E-state index contributed by atoms with van der Waals surface area (Å²) in [6.45, 7) is 18.6. The van der Waals surface area contributed by atoms with Crippen molar-refractivity contribution in [3.05, 3.63) is 58.2 Å². The van der Waals surface area contributed by atoms with E-state index in [4.69, 9.17) is 0 Å². The largest absolute Gasteiger partial charge is 0.339 e. The molecule has 0 radical (unpaired) electrons. The second-order valence-electron chi connectivity index (χ2n) is 11.5. The van der Waals surface area contributed by atoms with Gasteiger partial charge < -0.3 is 9.69 Å². The average Bonchev–Trinajstić information content (AvgIpc) is 2.88. The second-order valence-corrected chi connectivity index (χ2v) is 11.5. The number of allylic oxidation sites excluding steroid dienone is 9. The van der Waals surface area contributed by atoms with E-state index in [0.717, 1.165) is 102 Å². The molecule has 0 saturated carbocycles. The molecule has 3 nitrogen and oxygen atoms in total. The van der Waals surface area contributed by atoms with E-state index in [0.29, 0.717) is 6.42 Å². The first kappa shape index (κ1) is 36.8. The summed E-state index contributed by atoms with van der Waals surface area (Å²) in [5.74, 6) is 0.487. The van der Waals surface area contributed by atoms with Crippen LogP contribution in [0.25, 0.3) is 0 Å². The van der Waals surface area contributed by atoms with E-state index >= 15 is 0 Å². The van der Waals surface area contributed by atoms with E-state index in [-0.39, 0.29) is 11.7 Å². The van der Waals surface area contributed by atoms with Crippen molar-refractivity contribution in [2.24, 2.45) is 0 Å². The summed E-state index contributed by atoms with van der Waals surface area (Å²) in [5, 5.41) is 0. The molecule has 222 valence electrons. The van der Waals surface area contributed by atoms with Gasteiger partial charge in [0.15, 0.2) is 0 Å². The molecule has 0 aromatic heterocycles. The molecule has 0 aliphatic heterocycles. The zero-order chi connectivity index (χ0) is 29.5. The number of ketones is 1. The topological polar surface area (TPSA) is 37.4 Å². The van der Waals surface area contributed by atoms with Crippen LogP contribution in [0.15, 0.2) is 58.2 Å². The molecular weight excluding hydrogens is 478 g/mol. The third kappa shape index (κ3) is 21.4. The molecule has 0 aliphatic rings. The summed E-state index contributed by atoms with van der Waals surface area (Å²) in [5.41, 5.74) is 6.63. The fourth-order valence-corrected chi connectivity index (χ4v) is 4.43. The van der Waals surface area contributed by atoms with Gasteiger partial charge in [-0.3, -0.25) is 4.79 Å². The fourth-order valence-electron chi connectivity index (χ4n) is 4.43. The minimum Gasteiger partial charge on any atom is -0.339 e. The predicted octanol–water partition coefficient (Wildman–Crippen LogP) is 10.6. The van der Waals surface area contributed by atoms with Crippen LogP contribution >= 0.6 is 0 Å². The van der Waals surface area contributed by atoms with Gasteiger partial charge in [0.2, 0.25) is 5.91 Å². The number of nitrogens with zero attached hydrogens (tertiary/aromatic N) is 1. The van der Waals surface area contributed by atoms with Crippen LogP contribution in [0, 0.1) is 0 Å². The quantitative estimate of drug-likeness (QED) is 0.101. The maximum Gasteiger partial charge on any atom is 0.249 e. The highest BCUT2D eigenvalue weighted by molar-refractivity contribution is 5.92. The fraction of sp³-hybridized carbons (Fsp3) is 0.667. The molecule has 0 unspecified atom stereocenters. The molecule has 0 saturated heterocycles. The molecule has 0 aromatic carbocycles. The number of carbonyl (C=O) groups is 2. The normalized spacial score (nSPS) is 13.7. The molecule has 39 heavy (non-hydrogen) atoms. The monoisotopic (exact) mass is 539 g/mol. The zero-order valence-corrected chi connectivity index (χ0v) is 27.0. The first-order valence-electron chi connectivity index (χ1n) is 15.7. The third-order valence-corrected chi connectivity index (χ3v) is 7.26. The molecule has 0 N–H and O–H groups in total. The Morgan fingerprint density at radius 2 is 0.846 bits per heavy atom. The third-order valence-electron chi connectivity index (χ3n) is 7.26. The lowest BCUT2D eigenvalue weighted by atomic mass is 10.0. The minimum atomic E-state index is 0.220. The molecule has 3 heteroatoms. The van der Waals surface area contributed by atoms with Crippen molar-refractivity contribution in [1.82, 2.24) is 4.90 Å². The second kappa shape index (κ2) is 23.7. The standard InChI is InChI=1S/C36H61NO2/c1-9-11-28-37(29-12-10-2)36(39)34(7)26-16-24-32(5)22-14-20-30(3)18-13-19-31(4)21-15-23-33(6)25-17-27-35(8)38/h18,21-22,25-26H,9-17,19-20,23-24,27-29H2,1-8H3. The van der Waals surface area contributed by atoms with Crippen molar-refractivity contribution in [1.29, 1.82) is 0 Å². The molecule has 0 aromatic rings. The average molecular weight is 540 g/mol.